The second-order valence-corrected chi connectivity index (χ2v) is 9.42. The highest BCUT2D eigenvalue weighted by atomic mass is 35.5. The smallest absolute Gasteiger partial charge is 0.246 e. The Hall–Kier alpha value is -2.72. The Kier molecular flexibility index (Phi) is 7.44. The number of fused-ring (bicyclic) bond motifs is 3. The number of hydrogen-bond acceptors (Lipinski definition) is 8. The van der Waals surface area contributed by atoms with Crippen LogP contribution in [0.2, 0.25) is 5.02 Å². The zero-order valence-electron chi connectivity index (χ0n) is 18.5. The second kappa shape index (κ2) is 10.5. The summed E-state index contributed by atoms with van der Waals surface area (Å²) in [4.78, 5) is 27.5. The van der Waals surface area contributed by atoms with Crippen molar-refractivity contribution in [2.75, 3.05) is 45.7 Å². The summed E-state index contributed by atoms with van der Waals surface area (Å²) >= 11 is 7.65. The molecule has 33 heavy (non-hydrogen) atoms. The van der Waals surface area contributed by atoms with Crippen LogP contribution in [0.25, 0.3) is 10.2 Å². The lowest BCUT2D eigenvalue weighted by atomic mass is 10.0. The Morgan fingerprint density at radius 2 is 2.24 bits per heavy atom. The molecule has 0 aliphatic carbocycles. The molecule has 0 fully saturated rings. The van der Waals surface area contributed by atoms with E-state index in [1.807, 2.05) is 18.0 Å². The number of thiophene rings is 1. The van der Waals surface area contributed by atoms with Crippen LogP contribution in [0, 0.1) is 0 Å². The van der Waals surface area contributed by atoms with E-state index in [9.17, 15) is 9.90 Å². The molecule has 1 aromatic carbocycles. The van der Waals surface area contributed by atoms with Crippen molar-refractivity contribution in [2.24, 2.45) is 0 Å². The molecule has 0 radical (unpaired) electrons. The maximum absolute atomic E-state index is 12.7. The lowest BCUT2D eigenvalue weighted by Crippen LogP contribution is -2.34. The number of nitrogens with one attached hydrogen (secondary N) is 1. The summed E-state index contributed by atoms with van der Waals surface area (Å²) in [5, 5.41) is 14.5. The van der Waals surface area contributed by atoms with Gasteiger partial charge in [-0.25, -0.2) is 9.97 Å². The minimum absolute atomic E-state index is 0.0112. The van der Waals surface area contributed by atoms with Crippen molar-refractivity contribution >= 4 is 50.6 Å². The average molecular weight is 488 g/mol. The molecule has 1 amide bonds. The van der Waals surface area contributed by atoms with Crippen LogP contribution in [0.5, 0.6) is 5.75 Å². The number of likely N-dealkylation sites (N-methyl/N-ethyl adjacent to an activating group) is 1. The van der Waals surface area contributed by atoms with Crippen LogP contribution in [0.15, 0.2) is 36.7 Å². The van der Waals surface area contributed by atoms with Gasteiger partial charge in [0.1, 0.15) is 22.7 Å². The number of aromatic hydroxyl groups is 1. The lowest BCUT2D eigenvalue weighted by molar-refractivity contribution is -0.126. The topological polar surface area (TPSA) is 90.8 Å². The van der Waals surface area contributed by atoms with Crippen molar-refractivity contribution in [2.45, 2.75) is 13.0 Å². The number of ether oxygens (including phenoxy) is 1. The molecule has 8 nitrogen and oxygen atoms in total. The van der Waals surface area contributed by atoms with Gasteiger partial charge >= 0.3 is 0 Å². The number of methoxy groups -OCH3 is 1. The predicted molar refractivity (Wildman–Crippen MR) is 131 cm³/mol. The monoisotopic (exact) mass is 487 g/mol. The summed E-state index contributed by atoms with van der Waals surface area (Å²) in [5.74, 6) is 0.754. The molecule has 0 saturated heterocycles. The van der Waals surface area contributed by atoms with Gasteiger partial charge in [-0.3, -0.25) is 4.79 Å². The third-order valence-electron chi connectivity index (χ3n) is 5.45. The largest absolute Gasteiger partial charge is 0.508 e. The van der Waals surface area contributed by atoms with Gasteiger partial charge in [-0.2, -0.15) is 0 Å². The zero-order chi connectivity index (χ0) is 23.4. The number of halogens is 1. The molecule has 1 aliphatic rings. The first-order valence-electron chi connectivity index (χ1n) is 10.6. The average Bonchev–Trinajstić information content (AvgIpc) is 3.15. The molecule has 4 rings (SSSR count). The Morgan fingerprint density at radius 3 is 3.03 bits per heavy atom. The summed E-state index contributed by atoms with van der Waals surface area (Å²) in [5.41, 5.74) is 1.81. The molecule has 1 aliphatic heterocycles. The van der Waals surface area contributed by atoms with Gasteiger partial charge in [0.25, 0.3) is 0 Å². The molecule has 0 atom stereocenters. The fourth-order valence-corrected chi connectivity index (χ4v) is 5.20. The predicted octanol–water partition coefficient (Wildman–Crippen LogP) is 3.81. The molecule has 0 saturated carbocycles. The number of amides is 1. The number of benzene rings is 1. The van der Waals surface area contributed by atoms with Crippen LogP contribution in [0.4, 0.5) is 11.5 Å². The number of phenols is 1. The maximum atomic E-state index is 12.7. The number of anilines is 2. The summed E-state index contributed by atoms with van der Waals surface area (Å²) in [6, 6.07) is 4.80. The molecule has 3 aromatic rings. The van der Waals surface area contributed by atoms with Crippen LogP contribution in [-0.2, 0) is 22.5 Å². The van der Waals surface area contributed by atoms with Gasteiger partial charge in [-0.1, -0.05) is 17.7 Å². The molecule has 10 heteroatoms. The van der Waals surface area contributed by atoms with Crippen molar-refractivity contribution in [1.29, 1.82) is 0 Å². The molecule has 3 heterocycles. The van der Waals surface area contributed by atoms with E-state index in [2.05, 4.69) is 20.2 Å². The fourth-order valence-electron chi connectivity index (χ4n) is 3.77. The van der Waals surface area contributed by atoms with E-state index in [0.717, 1.165) is 33.6 Å². The van der Waals surface area contributed by atoms with Crippen molar-refractivity contribution in [3.05, 3.63) is 52.1 Å². The van der Waals surface area contributed by atoms with Crippen LogP contribution < -0.4 is 5.32 Å². The van der Waals surface area contributed by atoms with Gasteiger partial charge in [0, 0.05) is 54.5 Å². The highest BCUT2D eigenvalue weighted by molar-refractivity contribution is 7.19. The lowest BCUT2D eigenvalue weighted by Gasteiger charge is -2.26. The number of rotatable bonds is 8. The number of carbonyl (C=O) groups is 1. The normalized spacial score (nSPS) is 13.8. The van der Waals surface area contributed by atoms with E-state index in [1.54, 1.807) is 36.7 Å². The third-order valence-corrected chi connectivity index (χ3v) is 6.79. The maximum Gasteiger partial charge on any atom is 0.246 e. The van der Waals surface area contributed by atoms with Crippen molar-refractivity contribution in [3.63, 3.8) is 0 Å². The fraction of sp³-hybridized carbons (Fsp3) is 0.348. The van der Waals surface area contributed by atoms with E-state index in [1.165, 1.54) is 12.4 Å². The summed E-state index contributed by atoms with van der Waals surface area (Å²) in [6.45, 7) is 3.36. The molecule has 2 N–H and O–H groups in total. The van der Waals surface area contributed by atoms with Crippen molar-refractivity contribution in [3.8, 4) is 5.75 Å². The Balaban J connectivity index is 1.49. The van der Waals surface area contributed by atoms with E-state index in [4.69, 9.17) is 16.3 Å². The molecular weight excluding hydrogens is 462 g/mol. The van der Waals surface area contributed by atoms with Gasteiger partial charge in [0.05, 0.1) is 18.5 Å². The Bertz CT molecular complexity index is 1160. The molecule has 0 bridgehead atoms. The number of nitrogens with zero attached hydrogens (tertiary/aromatic N) is 4. The molecule has 0 unspecified atom stereocenters. The summed E-state index contributed by atoms with van der Waals surface area (Å²) in [6.07, 6.45) is 5.79. The number of hydrogen-bond donors (Lipinski definition) is 2. The first kappa shape index (κ1) is 23.4. The zero-order valence-corrected chi connectivity index (χ0v) is 20.1. The minimum Gasteiger partial charge on any atom is -0.508 e. The quantitative estimate of drug-likeness (QED) is 0.467. The van der Waals surface area contributed by atoms with Gasteiger partial charge in [-0.05, 0) is 31.2 Å². The number of carbonyl (C=O) groups excluding carboxylic acids is 1. The Labute approximate surface area is 201 Å². The van der Waals surface area contributed by atoms with Gasteiger partial charge in [0.15, 0.2) is 0 Å². The van der Waals surface area contributed by atoms with Crippen LogP contribution in [0.1, 0.15) is 10.4 Å². The first-order chi connectivity index (χ1) is 15.9. The van der Waals surface area contributed by atoms with Crippen molar-refractivity contribution < 1.29 is 14.6 Å². The second-order valence-electron chi connectivity index (χ2n) is 7.90. The summed E-state index contributed by atoms with van der Waals surface area (Å²) < 4.78 is 5.07. The van der Waals surface area contributed by atoms with Crippen molar-refractivity contribution in [1.82, 2.24) is 19.8 Å². The standard InChI is InChI=1S/C23H26ClN5O3S/c1-28(8-9-32-2)6-3-4-20(31)29-7-5-18-19(13-29)33-23-21(18)22(25-14-26-23)27-16-10-15(24)11-17(30)12-16/h3-4,10-12,14,30H,5-9,13H2,1-2H3,(H,25,26,27)/b4-3+. The van der Waals surface area contributed by atoms with E-state index >= 15 is 0 Å². The molecule has 0 spiro atoms. The van der Waals surface area contributed by atoms with E-state index in [0.29, 0.717) is 42.8 Å². The molecule has 2 aromatic heterocycles. The molecule has 174 valence electrons. The van der Waals surface area contributed by atoms with Gasteiger partial charge in [-0.15, -0.1) is 11.3 Å². The van der Waals surface area contributed by atoms with E-state index in [-0.39, 0.29) is 11.7 Å². The first-order valence-corrected chi connectivity index (χ1v) is 11.8. The SMILES string of the molecule is COCCN(C)C/C=C/C(=O)N1CCc2c(sc3ncnc(Nc4cc(O)cc(Cl)c4)c23)C1. The number of aromatic nitrogens is 2. The third kappa shape index (κ3) is 5.62. The summed E-state index contributed by atoms with van der Waals surface area (Å²) in [7, 11) is 3.67. The minimum atomic E-state index is 0.0112. The highest BCUT2D eigenvalue weighted by Crippen LogP contribution is 2.38. The van der Waals surface area contributed by atoms with Gasteiger partial charge in [0.2, 0.25) is 5.91 Å². The van der Waals surface area contributed by atoms with Crippen LogP contribution in [0.3, 0.4) is 0 Å². The van der Waals surface area contributed by atoms with Crippen LogP contribution in [-0.4, -0.2) is 71.2 Å². The number of phenolic OH excluding ortho intramolecular Hbond substituents is 1. The Morgan fingerprint density at radius 1 is 1.39 bits per heavy atom. The van der Waals surface area contributed by atoms with Gasteiger partial charge < -0.3 is 25.0 Å². The highest BCUT2D eigenvalue weighted by Gasteiger charge is 2.25. The van der Waals surface area contributed by atoms with E-state index < -0.39 is 0 Å². The van der Waals surface area contributed by atoms with Crippen LogP contribution >= 0.6 is 22.9 Å². The molecular formula is C23H26ClN5O3S.